The zero-order valence-corrected chi connectivity index (χ0v) is 11.5. The van der Waals surface area contributed by atoms with Crippen LogP contribution >= 0.6 is 0 Å². The van der Waals surface area contributed by atoms with Crippen LogP contribution in [0.25, 0.3) is 0 Å². The number of nitrogens with zero attached hydrogens (tertiary/aromatic N) is 2. The Hall–Kier alpha value is -0.570. The van der Waals surface area contributed by atoms with Crippen molar-refractivity contribution < 1.29 is 4.79 Å². The largest absolute Gasteiger partial charge is 0.346 e. The van der Waals surface area contributed by atoms with Crippen LogP contribution in [0.3, 0.4) is 0 Å². The summed E-state index contributed by atoms with van der Waals surface area (Å²) in [6.07, 6.45) is 2.19. The first-order valence-corrected chi connectivity index (χ1v) is 5.87. The van der Waals surface area contributed by atoms with Gasteiger partial charge < -0.3 is 9.80 Å². The smallest absolute Gasteiger partial charge is 0.219 e. The van der Waals surface area contributed by atoms with Gasteiger partial charge in [0.15, 0.2) is 0 Å². The molecule has 0 saturated heterocycles. The lowest BCUT2D eigenvalue weighted by molar-refractivity contribution is -0.127. The maximum Gasteiger partial charge on any atom is 0.219 e. The maximum atomic E-state index is 10.9. The van der Waals surface area contributed by atoms with E-state index < -0.39 is 0 Å². The van der Waals surface area contributed by atoms with Gasteiger partial charge in [-0.3, -0.25) is 4.79 Å². The lowest BCUT2D eigenvalue weighted by Crippen LogP contribution is -2.33. The molecule has 0 spiro atoms. The molecule has 0 N–H and O–H groups in total. The average molecular weight is 216 g/mol. The summed E-state index contributed by atoms with van der Waals surface area (Å²) in [7, 11) is 6.02. The molecule has 0 fully saturated rings. The molecule has 0 rings (SSSR count). The van der Waals surface area contributed by atoms with Gasteiger partial charge in [0.05, 0.1) is 0 Å². The molecular formula is C12H28N2O. The number of rotatable bonds is 5. The van der Waals surface area contributed by atoms with Crippen molar-refractivity contribution >= 4 is 5.91 Å². The van der Waals surface area contributed by atoms with Gasteiger partial charge in [0.1, 0.15) is 0 Å². The van der Waals surface area contributed by atoms with Gasteiger partial charge in [-0.25, -0.2) is 0 Å². The normalized spacial score (nSPS) is 11.7. The van der Waals surface area contributed by atoms with Gasteiger partial charge in [-0.2, -0.15) is 0 Å². The summed E-state index contributed by atoms with van der Waals surface area (Å²) in [5.41, 5.74) is 0. The molecule has 92 valence electrons. The SMILES string of the molecule is CC.CCC(CCN(C)C(C)=O)N(C)C. The minimum Gasteiger partial charge on any atom is -0.346 e. The number of hydrogen-bond donors (Lipinski definition) is 0. The summed E-state index contributed by atoms with van der Waals surface area (Å²) in [6.45, 7) is 8.64. The van der Waals surface area contributed by atoms with Crippen molar-refractivity contribution in [3.05, 3.63) is 0 Å². The zero-order valence-electron chi connectivity index (χ0n) is 11.5. The molecule has 0 aromatic carbocycles. The van der Waals surface area contributed by atoms with E-state index in [0.717, 1.165) is 19.4 Å². The Balaban J connectivity index is 0. The summed E-state index contributed by atoms with van der Waals surface area (Å²) in [5.74, 6) is 0.147. The lowest BCUT2D eigenvalue weighted by Gasteiger charge is -2.25. The van der Waals surface area contributed by atoms with Gasteiger partial charge in [-0.1, -0.05) is 20.8 Å². The van der Waals surface area contributed by atoms with Crippen LogP contribution < -0.4 is 0 Å². The minimum atomic E-state index is 0.147. The highest BCUT2D eigenvalue weighted by Gasteiger charge is 2.10. The third-order valence-electron chi connectivity index (χ3n) is 2.54. The molecule has 15 heavy (non-hydrogen) atoms. The van der Waals surface area contributed by atoms with E-state index in [2.05, 4.69) is 25.9 Å². The highest BCUT2D eigenvalue weighted by atomic mass is 16.2. The van der Waals surface area contributed by atoms with Crippen LogP contribution in [-0.2, 0) is 4.79 Å². The summed E-state index contributed by atoms with van der Waals surface area (Å²) >= 11 is 0. The van der Waals surface area contributed by atoms with Crippen molar-refractivity contribution in [2.45, 2.75) is 46.6 Å². The predicted molar refractivity (Wildman–Crippen MR) is 67.0 cm³/mol. The molecule has 0 radical (unpaired) electrons. The van der Waals surface area contributed by atoms with Crippen molar-refractivity contribution in [3.8, 4) is 0 Å². The fourth-order valence-corrected chi connectivity index (χ4v) is 1.33. The summed E-state index contributed by atoms with van der Waals surface area (Å²) < 4.78 is 0. The van der Waals surface area contributed by atoms with Crippen molar-refractivity contribution in [1.29, 1.82) is 0 Å². The van der Waals surface area contributed by atoms with Crippen LogP contribution in [0.1, 0.15) is 40.5 Å². The molecule has 1 amide bonds. The van der Waals surface area contributed by atoms with Crippen LogP contribution in [-0.4, -0.2) is 49.4 Å². The van der Waals surface area contributed by atoms with E-state index in [-0.39, 0.29) is 5.91 Å². The zero-order chi connectivity index (χ0) is 12.4. The standard InChI is InChI=1S/C10H22N2O.C2H6/c1-6-10(11(3)4)7-8-12(5)9(2)13;1-2/h10H,6-8H2,1-5H3;1-2H3. The topological polar surface area (TPSA) is 23.6 Å². The number of hydrogen-bond acceptors (Lipinski definition) is 2. The Bertz CT molecular complexity index is 158. The quantitative estimate of drug-likeness (QED) is 0.703. The van der Waals surface area contributed by atoms with Gasteiger partial charge in [0.2, 0.25) is 5.91 Å². The van der Waals surface area contributed by atoms with Crippen molar-refractivity contribution in [2.24, 2.45) is 0 Å². The monoisotopic (exact) mass is 216 g/mol. The minimum absolute atomic E-state index is 0.147. The van der Waals surface area contributed by atoms with E-state index in [0.29, 0.717) is 6.04 Å². The lowest BCUT2D eigenvalue weighted by atomic mass is 10.1. The van der Waals surface area contributed by atoms with E-state index in [4.69, 9.17) is 0 Å². The second kappa shape index (κ2) is 9.97. The summed E-state index contributed by atoms with van der Waals surface area (Å²) in [4.78, 5) is 14.9. The molecule has 0 aliphatic heterocycles. The molecule has 0 aliphatic rings. The Morgan fingerprint density at radius 1 is 1.20 bits per heavy atom. The predicted octanol–water partition coefficient (Wildman–Crippen LogP) is 2.22. The number of carbonyl (C=O) groups is 1. The van der Waals surface area contributed by atoms with Gasteiger partial charge in [0, 0.05) is 26.6 Å². The first kappa shape index (κ1) is 16.8. The molecule has 0 aromatic rings. The van der Waals surface area contributed by atoms with Crippen LogP contribution in [0, 0.1) is 0 Å². The first-order valence-electron chi connectivity index (χ1n) is 5.87. The van der Waals surface area contributed by atoms with E-state index in [1.165, 1.54) is 0 Å². The second-order valence-corrected chi connectivity index (χ2v) is 3.75. The van der Waals surface area contributed by atoms with Crippen LogP contribution in [0.2, 0.25) is 0 Å². The van der Waals surface area contributed by atoms with Crippen LogP contribution in [0.5, 0.6) is 0 Å². The second-order valence-electron chi connectivity index (χ2n) is 3.75. The van der Waals surface area contributed by atoms with Gasteiger partial charge in [-0.05, 0) is 26.9 Å². The van der Waals surface area contributed by atoms with Crippen molar-refractivity contribution in [3.63, 3.8) is 0 Å². The van der Waals surface area contributed by atoms with E-state index >= 15 is 0 Å². The third-order valence-corrected chi connectivity index (χ3v) is 2.54. The molecule has 0 bridgehead atoms. The molecule has 3 heteroatoms. The molecular weight excluding hydrogens is 188 g/mol. The third kappa shape index (κ3) is 8.43. The van der Waals surface area contributed by atoms with Gasteiger partial charge >= 0.3 is 0 Å². The Kier molecular flexibility index (Phi) is 11.2. The van der Waals surface area contributed by atoms with Crippen molar-refractivity contribution in [2.75, 3.05) is 27.7 Å². The Labute approximate surface area is 95.4 Å². The number of amides is 1. The summed E-state index contributed by atoms with van der Waals surface area (Å²) in [6, 6.07) is 0.585. The molecule has 0 aliphatic carbocycles. The maximum absolute atomic E-state index is 10.9. The number of carbonyl (C=O) groups excluding carboxylic acids is 1. The molecule has 0 saturated carbocycles. The molecule has 3 nitrogen and oxygen atoms in total. The van der Waals surface area contributed by atoms with E-state index in [1.54, 1.807) is 11.8 Å². The van der Waals surface area contributed by atoms with Crippen LogP contribution in [0.15, 0.2) is 0 Å². The van der Waals surface area contributed by atoms with E-state index in [9.17, 15) is 4.79 Å². The van der Waals surface area contributed by atoms with E-state index in [1.807, 2.05) is 20.9 Å². The average Bonchev–Trinajstić information content (AvgIpc) is 2.20. The molecule has 1 unspecified atom stereocenters. The Morgan fingerprint density at radius 2 is 1.67 bits per heavy atom. The van der Waals surface area contributed by atoms with Crippen LogP contribution in [0.4, 0.5) is 0 Å². The molecule has 0 heterocycles. The molecule has 1 atom stereocenters. The van der Waals surface area contributed by atoms with Gasteiger partial charge in [0.25, 0.3) is 0 Å². The summed E-state index contributed by atoms with van der Waals surface area (Å²) in [5, 5.41) is 0. The fraction of sp³-hybridized carbons (Fsp3) is 0.917. The highest BCUT2D eigenvalue weighted by Crippen LogP contribution is 2.04. The Morgan fingerprint density at radius 3 is 1.93 bits per heavy atom. The fourth-order valence-electron chi connectivity index (χ4n) is 1.33. The molecule has 0 aromatic heterocycles. The van der Waals surface area contributed by atoms with Crippen molar-refractivity contribution in [1.82, 2.24) is 9.80 Å². The highest BCUT2D eigenvalue weighted by molar-refractivity contribution is 5.72. The van der Waals surface area contributed by atoms with Gasteiger partial charge in [-0.15, -0.1) is 0 Å². The first-order chi connectivity index (χ1) is 6.99.